The zero-order chi connectivity index (χ0) is 21.7. The summed E-state index contributed by atoms with van der Waals surface area (Å²) in [6.45, 7) is 1.92. The molecule has 1 aromatic heterocycles. The van der Waals surface area contributed by atoms with Crippen LogP contribution in [0, 0.1) is 0 Å². The van der Waals surface area contributed by atoms with E-state index >= 15 is 0 Å². The molecule has 162 valence electrons. The number of carbonyl (C=O) groups is 1. The Balaban J connectivity index is 1.53. The number of aliphatic hydroxyl groups excluding tert-OH is 1. The summed E-state index contributed by atoms with van der Waals surface area (Å²) in [4.78, 5) is 20.4. The molecule has 0 atom stereocenters. The fourth-order valence-corrected chi connectivity index (χ4v) is 3.34. The summed E-state index contributed by atoms with van der Waals surface area (Å²) in [7, 11) is 0. The number of aromatic nitrogens is 1. The quantitative estimate of drug-likeness (QED) is 0.737. The van der Waals surface area contributed by atoms with Crippen molar-refractivity contribution in [2.24, 2.45) is 0 Å². The molecule has 2 aromatic rings. The summed E-state index contributed by atoms with van der Waals surface area (Å²) >= 11 is 6.30. The summed E-state index contributed by atoms with van der Waals surface area (Å²) in [5.41, 5.74) is 1.21. The van der Waals surface area contributed by atoms with Crippen LogP contribution >= 0.6 is 11.6 Å². The number of anilines is 2. The Bertz CT molecular complexity index is 872. The van der Waals surface area contributed by atoms with Crippen molar-refractivity contribution in [3.05, 3.63) is 47.1 Å². The molecule has 0 saturated carbocycles. The summed E-state index contributed by atoms with van der Waals surface area (Å²) < 4.78 is 40.4. The van der Waals surface area contributed by atoms with Crippen LogP contribution in [0.2, 0.25) is 5.02 Å². The molecule has 2 amide bonds. The van der Waals surface area contributed by atoms with Crippen molar-refractivity contribution in [3.8, 4) is 5.75 Å². The van der Waals surface area contributed by atoms with E-state index in [1.54, 1.807) is 17.2 Å². The first kappa shape index (κ1) is 22.0. The van der Waals surface area contributed by atoms with Crippen molar-refractivity contribution in [2.45, 2.75) is 12.8 Å². The van der Waals surface area contributed by atoms with Crippen LogP contribution in [-0.4, -0.2) is 60.2 Å². The highest BCUT2D eigenvalue weighted by Gasteiger charge is 2.31. The largest absolute Gasteiger partial charge is 0.573 e. The third kappa shape index (κ3) is 5.90. The molecule has 0 spiro atoms. The van der Waals surface area contributed by atoms with E-state index in [4.69, 9.17) is 16.7 Å². The highest BCUT2D eigenvalue weighted by molar-refractivity contribution is 6.33. The Labute approximate surface area is 176 Å². The lowest BCUT2D eigenvalue weighted by Crippen LogP contribution is -2.50. The minimum absolute atomic E-state index is 0.0171. The maximum atomic E-state index is 12.4. The molecule has 2 N–H and O–H groups in total. The number of amides is 2. The van der Waals surface area contributed by atoms with Gasteiger partial charge in [0.25, 0.3) is 0 Å². The van der Waals surface area contributed by atoms with Gasteiger partial charge in [0.2, 0.25) is 0 Å². The molecule has 3 rings (SSSR count). The van der Waals surface area contributed by atoms with Gasteiger partial charge >= 0.3 is 12.4 Å². The Kier molecular flexibility index (Phi) is 6.88. The van der Waals surface area contributed by atoms with Crippen LogP contribution in [0.1, 0.15) is 5.56 Å². The number of nitrogens with zero attached hydrogens (tertiary/aromatic N) is 3. The predicted molar refractivity (Wildman–Crippen MR) is 106 cm³/mol. The lowest BCUT2D eigenvalue weighted by molar-refractivity contribution is -0.274. The van der Waals surface area contributed by atoms with E-state index in [-0.39, 0.29) is 18.4 Å². The molecule has 2 heterocycles. The van der Waals surface area contributed by atoms with Crippen molar-refractivity contribution >= 4 is 29.1 Å². The summed E-state index contributed by atoms with van der Waals surface area (Å²) in [5, 5.41) is 12.1. The van der Waals surface area contributed by atoms with Crippen LogP contribution in [0.25, 0.3) is 0 Å². The molecule has 0 aliphatic carbocycles. The molecule has 0 radical (unpaired) electrons. The fourth-order valence-electron chi connectivity index (χ4n) is 3.03. The number of halogens is 4. The normalized spacial score (nSPS) is 14.6. The molecule has 30 heavy (non-hydrogen) atoms. The number of urea groups is 1. The van der Waals surface area contributed by atoms with Crippen molar-refractivity contribution < 1.29 is 27.8 Å². The second kappa shape index (κ2) is 9.40. The van der Waals surface area contributed by atoms with E-state index in [0.29, 0.717) is 49.1 Å². The van der Waals surface area contributed by atoms with Gasteiger partial charge in [-0.05, 0) is 42.3 Å². The van der Waals surface area contributed by atoms with Crippen LogP contribution in [0.4, 0.5) is 29.5 Å². The first-order valence-electron chi connectivity index (χ1n) is 9.17. The highest BCUT2D eigenvalue weighted by Crippen LogP contribution is 2.26. The minimum Gasteiger partial charge on any atom is -0.406 e. The van der Waals surface area contributed by atoms with Gasteiger partial charge in [-0.25, -0.2) is 9.78 Å². The van der Waals surface area contributed by atoms with E-state index < -0.39 is 6.36 Å². The number of piperazine rings is 1. The smallest absolute Gasteiger partial charge is 0.406 e. The van der Waals surface area contributed by atoms with Crippen molar-refractivity contribution in [2.75, 3.05) is 43.0 Å². The van der Waals surface area contributed by atoms with E-state index in [2.05, 4.69) is 15.0 Å². The number of hydrogen-bond donors (Lipinski definition) is 2. The van der Waals surface area contributed by atoms with Gasteiger partial charge in [0.05, 0.1) is 5.02 Å². The first-order chi connectivity index (χ1) is 14.2. The zero-order valence-electron chi connectivity index (χ0n) is 15.8. The molecule has 1 aromatic carbocycles. The number of hydrogen-bond acceptors (Lipinski definition) is 5. The predicted octanol–water partition coefficient (Wildman–Crippen LogP) is 3.52. The molecule has 1 aliphatic heterocycles. The highest BCUT2D eigenvalue weighted by atomic mass is 35.5. The average Bonchev–Trinajstić information content (AvgIpc) is 2.69. The van der Waals surface area contributed by atoms with Gasteiger partial charge in [0.1, 0.15) is 11.6 Å². The number of aliphatic hydroxyl groups is 1. The summed E-state index contributed by atoms with van der Waals surface area (Å²) in [6.07, 6.45) is -2.62. The molecule has 1 saturated heterocycles. The second-order valence-electron chi connectivity index (χ2n) is 6.60. The van der Waals surface area contributed by atoms with Crippen LogP contribution < -0.4 is 15.0 Å². The third-order valence-corrected chi connectivity index (χ3v) is 4.76. The van der Waals surface area contributed by atoms with E-state index in [0.717, 1.165) is 17.7 Å². The molecule has 0 bridgehead atoms. The average molecular weight is 445 g/mol. The molecular weight excluding hydrogens is 425 g/mol. The van der Waals surface area contributed by atoms with Crippen LogP contribution in [0.5, 0.6) is 5.75 Å². The number of rotatable bonds is 5. The van der Waals surface area contributed by atoms with Gasteiger partial charge in [-0.3, -0.25) is 0 Å². The van der Waals surface area contributed by atoms with Crippen LogP contribution in [0.3, 0.4) is 0 Å². The molecule has 1 aliphatic rings. The van der Waals surface area contributed by atoms with E-state index in [1.165, 1.54) is 12.1 Å². The Morgan fingerprint density at radius 3 is 2.43 bits per heavy atom. The van der Waals surface area contributed by atoms with E-state index in [9.17, 15) is 18.0 Å². The van der Waals surface area contributed by atoms with Crippen molar-refractivity contribution in [1.82, 2.24) is 9.88 Å². The van der Waals surface area contributed by atoms with Gasteiger partial charge < -0.3 is 25.0 Å². The van der Waals surface area contributed by atoms with E-state index in [1.807, 2.05) is 4.90 Å². The molecule has 1 fully saturated rings. The number of carbonyl (C=O) groups excluding carboxylic acids is 1. The van der Waals surface area contributed by atoms with Gasteiger partial charge in [0, 0.05) is 44.7 Å². The zero-order valence-corrected chi connectivity index (χ0v) is 16.6. The van der Waals surface area contributed by atoms with Gasteiger partial charge in [0.15, 0.2) is 0 Å². The lowest BCUT2D eigenvalue weighted by atomic mass is 10.2. The van der Waals surface area contributed by atoms with Crippen molar-refractivity contribution in [3.63, 3.8) is 0 Å². The first-order valence-corrected chi connectivity index (χ1v) is 9.55. The maximum Gasteiger partial charge on any atom is 0.573 e. The molecule has 7 nitrogen and oxygen atoms in total. The Morgan fingerprint density at radius 1 is 1.20 bits per heavy atom. The second-order valence-corrected chi connectivity index (χ2v) is 7.01. The number of benzene rings is 1. The lowest BCUT2D eigenvalue weighted by Gasteiger charge is -2.35. The van der Waals surface area contributed by atoms with Crippen molar-refractivity contribution in [1.29, 1.82) is 0 Å². The number of pyridine rings is 1. The van der Waals surface area contributed by atoms with Gasteiger partial charge in [-0.1, -0.05) is 11.6 Å². The van der Waals surface area contributed by atoms with Crippen LogP contribution in [-0.2, 0) is 6.42 Å². The van der Waals surface area contributed by atoms with Gasteiger partial charge in [-0.2, -0.15) is 0 Å². The molecular formula is C19H20ClF3N4O3. The third-order valence-electron chi connectivity index (χ3n) is 4.48. The number of ether oxygens (including phenoxy) is 1. The minimum atomic E-state index is -4.76. The molecule has 11 heteroatoms. The van der Waals surface area contributed by atoms with Crippen LogP contribution in [0.15, 0.2) is 36.5 Å². The topological polar surface area (TPSA) is 77.9 Å². The Hall–Kier alpha value is -2.72. The summed E-state index contributed by atoms with van der Waals surface area (Å²) in [5.74, 6) is 0.266. The summed E-state index contributed by atoms with van der Waals surface area (Å²) in [6, 6.07) is 6.37. The van der Waals surface area contributed by atoms with Gasteiger partial charge in [-0.15, -0.1) is 13.2 Å². The SMILES string of the molecule is O=C(Nc1ccc(OC(F)(F)F)cc1)N1CCN(c2ncc(CCO)cc2Cl)CC1. The Morgan fingerprint density at radius 2 is 1.87 bits per heavy atom. The maximum absolute atomic E-state index is 12.4. The molecule has 0 unspecified atom stereocenters. The fraction of sp³-hybridized carbons (Fsp3) is 0.368. The monoisotopic (exact) mass is 444 g/mol. The number of nitrogens with one attached hydrogen (secondary N) is 1. The number of alkyl halides is 3. The standard InChI is InChI=1S/C19H20ClF3N4O3/c20-16-11-13(5-10-28)12-24-17(16)26-6-8-27(9-7-26)18(29)25-14-1-3-15(4-2-14)30-19(21,22)23/h1-4,11-12,28H,5-10H2,(H,25,29).